The van der Waals surface area contributed by atoms with Crippen molar-refractivity contribution in [1.82, 2.24) is 19.9 Å². The van der Waals surface area contributed by atoms with E-state index in [0.717, 1.165) is 186 Å². The second kappa shape index (κ2) is 42.5. The first-order valence-electron chi connectivity index (χ1n) is 47.0. The number of rotatable bonds is 25. The van der Waals surface area contributed by atoms with Gasteiger partial charge in [0.1, 0.15) is 5.75 Å². The number of aromatic nitrogens is 4. The maximum absolute atomic E-state index is 12.9. The third kappa shape index (κ3) is 22.9. The smallest absolute Gasteiger partial charge is 0.167 e. The molecule has 0 bridgehead atoms. The summed E-state index contributed by atoms with van der Waals surface area (Å²) in [6.07, 6.45) is 25.5. The van der Waals surface area contributed by atoms with E-state index >= 15 is 0 Å². The Morgan fingerprint density at radius 1 is 0.272 bits per heavy atom. The first-order valence-corrected chi connectivity index (χ1v) is 47.4. The van der Waals surface area contributed by atoms with E-state index in [2.05, 4.69) is 253 Å². The minimum absolute atomic E-state index is 0.142. The van der Waals surface area contributed by atoms with E-state index in [4.69, 9.17) is 36.3 Å². The molecule has 0 spiro atoms. The van der Waals surface area contributed by atoms with Gasteiger partial charge in [-0.15, -0.1) is 0 Å². The lowest BCUT2D eigenvalue weighted by Gasteiger charge is -2.14. The summed E-state index contributed by atoms with van der Waals surface area (Å²) in [5.41, 5.74) is 45.8. The molecule has 20 rings (SSSR count). The first-order chi connectivity index (χ1) is 66.0. The number of halogens is 1. The molecule has 0 amide bonds. The van der Waals surface area contributed by atoms with Crippen LogP contribution in [0.1, 0.15) is 204 Å². The number of aryl methyl sites for hydroxylation is 9. The predicted octanol–water partition coefficient (Wildman–Crippen LogP) is 28.8. The summed E-state index contributed by atoms with van der Waals surface area (Å²) in [4.78, 5) is 71.4. The molecular formula is C126H111ClN4O5. The van der Waals surface area contributed by atoms with Crippen molar-refractivity contribution in [1.29, 1.82) is 0 Å². The maximum Gasteiger partial charge on any atom is 0.167 e. The largest absolute Gasteiger partial charge is 0.497 e. The summed E-state index contributed by atoms with van der Waals surface area (Å²) in [5, 5.41) is 0.730. The van der Waals surface area contributed by atoms with E-state index in [1.807, 2.05) is 155 Å². The number of carbonyl (C=O) groups is 4. The third-order valence-corrected chi connectivity index (χ3v) is 26.3. The van der Waals surface area contributed by atoms with Crippen molar-refractivity contribution < 1.29 is 23.9 Å². The van der Waals surface area contributed by atoms with E-state index < -0.39 is 0 Å². The predicted molar refractivity (Wildman–Crippen MR) is 559 cm³/mol. The Kier molecular flexibility index (Phi) is 29.0. The standard InChI is InChI=1S/C32H29NO2.C32H29NO.C31H26ClNO.C31H27NO/c1-21-6-4-7-25(16-21)32(34)18-23-11-10-22(2)26(17-23)19-27-20-30(29-8-5-9-31(29)33-27)24-12-14-28(35-3)15-13-24;1-21-10-14-25(15-11-21)30-20-28(33-31-9-5-8-29(30)31)19-27-17-24(13-12-23(27)3)18-32(34)26-7-4-6-22(2)16-26;1-20-6-3-8-24(14-20)31(34)16-22-13-12-21(2)25(15-22)18-27-19-29(23-7-4-9-26(32)17-23)28-10-5-11-30(28)33-27;1-21-8-6-11-25(16-21)31(33)18-23-15-14-22(2)26(17-23)19-27-20-29(24-9-4-3-5-10-24)28-12-7-13-30(28)32-27/h4-8,10-17,20H,9,18-19H2,1-3H3;4-8,10-17,20H,9,18-19H2,1-3H3;3-10,12-15,17,19H,11,16,18H2,1-2H3;3-12,14-17,20H,13,18-19H2,1-2H3. The van der Waals surface area contributed by atoms with E-state index in [0.29, 0.717) is 25.7 Å². The Bertz CT molecular complexity index is 7390. The first kappa shape index (κ1) is 92.8. The second-order valence-corrected chi connectivity index (χ2v) is 37.0. The van der Waals surface area contributed by atoms with Crippen LogP contribution < -0.4 is 4.74 Å². The number of fused-ring (bicyclic) bond motifs is 4. The summed E-state index contributed by atoms with van der Waals surface area (Å²) in [7, 11) is 1.69. The lowest BCUT2D eigenvalue weighted by molar-refractivity contribution is 0.0984. The monoisotopic (exact) mass is 1790 g/mol. The summed E-state index contributed by atoms with van der Waals surface area (Å²) >= 11 is 6.29. The third-order valence-electron chi connectivity index (χ3n) is 26.1. The minimum atomic E-state index is 0.142. The lowest BCUT2D eigenvalue weighted by Crippen LogP contribution is -2.05. The number of benzene rings is 12. The normalized spacial score (nSPS) is 12.1. The Labute approximate surface area is 805 Å². The van der Waals surface area contributed by atoms with Crippen molar-refractivity contribution in [2.75, 3.05) is 7.11 Å². The van der Waals surface area contributed by atoms with Crippen molar-refractivity contribution in [3.8, 4) is 50.3 Å². The van der Waals surface area contributed by atoms with Gasteiger partial charge >= 0.3 is 0 Å². The molecule has 0 radical (unpaired) electrons. The number of Topliss-reactive ketones (excluding diaryl/α,β-unsaturated/α-hetero) is 4. The van der Waals surface area contributed by atoms with Gasteiger partial charge < -0.3 is 4.74 Å². The van der Waals surface area contributed by atoms with Gasteiger partial charge in [-0.2, -0.15) is 0 Å². The quantitative estimate of drug-likeness (QED) is 0.0514. The van der Waals surface area contributed by atoms with Crippen LogP contribution in [0.15, 0.2) is 322 Å². The topological polar surface area (TPSA) is 129 Å². The molecule has 136 heavy (non-hydrogen) atoms. The average Bonchev–Trinajstić information content (AvgIpc) is 1.57. The second-order valence-electron chi connectivity index (χ2n) is 36.6. The lowest BCUT2D eigenvalue weighted by atomic mass is 9.94. The van der Waals surface area contributed by atoms with E-state index in [-0.39, 0.29) is 23.1 Å². The van der Waals surface area contributed by atoms with Gasteiger partial charge in [-0.25, -0.2) is 0 Å². The number of ether oxygens (including phenoxy) is 1. The maximum atomic E-state index is 12.9. The molecule has 0 saturated heterocycles. The van der Waals surface area contributed by atoms with Gasteiger partial charge in [-0.1, -0.05) is 312 Å². The Balaban J connectivity index is 0.000000126. The van der Waals surface area contributed by atoms with Crippen LogP contribution in [0.5, 0.6) is 5.75 Å². The molecule has 9 nitrogen and oxygen atoms in total. The molecule has 0 aliphatic heterocycles. The average molecular weight is 1800 g/mol. The zero-order chi connectivity index (χ0) is 94.5. The Hall–Kier alpha value is -15.0. The molecule has 4 aliphatic rings. The number of carbonyl (C=O) groups excluding carboxylic acids is 4. The summed E-state index contributed by atoms with van der Waals surface area (Å²) in [6, 6.07) is 101. The summed E-state index contributed by atoms with van der Waals surface area (Å²) in [6.45, 7) is 18.7. The number of hydrogen-bond acceptors (Lipinski definition) is 9. The highest BCUT2D eigenvalue weighted by atomic mass is 35.5. The number of methoxy groups -OCH3 is 1. The van der Waals surface area contributed by atoms with Crippen molar-refractivity contribution in [2.24, 2.45) is 0 Å². The molecule has 0 N–H and O–H groups in total. The van der Waals surface area contributed by atoms with Crippen molar-refractivity contribution >= 4 is 59.0 Å². The molecule has 0 fully saturated rings. The molecular weight excluding hydrogens is 1680 g/mol. The SMILES string of the molecule is COc1ccc(-c2cc(Cc3cc(CC(=O)c4cccc(C)c4)ccc3C)nc3c2C=CC3)cc1.Cc1ccc(-c2cc(Cc3cc(CC(=O)c4cccc(C)c4)ccc3C)nc3c2C=CC3)cc1.Cc1cccc(C(=O)Cc2ccc(C)c(Cc3cc(-c4cccc(Cl)c4)c4c(n3)CC=C4)c2)c1.Cc1cccc(C(=O)Cc2ccc(C)c(Cc3cc(-c4ccccc4)c4c(n3)CC=C4)c2)c1. The Morgan fingerprint density at radius 3 is 0.846 bits per heavy atom. The molecule has 0 unspecified atom stereocenters. The van der Waals surface area contributed by atoms with Crippen LogP contribution in [0, 0.1) is 62.3 Å². The van der Waals surface area contributed by atoms with Crippen LogP contribution in [0.4, 0.5) is 0 Å². The summed E-state index contributed by atoms with van der Waals surface area (Å²) in [5.74, 6) is 1.45. The van der Waals surface area contributed by atoms with Gasteiger partial charge in [0.15, 0.2) is 23.1 Å². The number of allylic oxidation sites excluding steroid dienone is 4. The minimum Gasteiger partial charge on any atom is -0.497 e. The van der Waals surface area contributed by atoms with Gasteiger partial charge in [0, 0.05) is 149 Å². The molecule has 0 atom stereocenters. The van der Waals surface area contributed by atoms with Gasteiger partial charge in [0.25, 0.3) is 0 Å². The van der Waals surface area contributed by atoms with Crippen LogP contribution in [0.2, 0.25) is 5.02 Å². The molecule has 4 aromatic heterocycles. The number of pyridine rings is 4. The van der Waals surface area contributed by atoms with Crippen LogP contribution in [0.25, 0.3) is 68.8 Å². The Morgan fingerprint density at radius 2 is 0.551 bits per heavy atom. The van der Waals surface area contributed by atoms with Gasteiger partial charge in [0.2, 0.25) is 0 Å². The fourth-order valence-corrected chi connectivity index (χ4v) is 18.8. The highest BCUT2D eigenvalue weighted by molar-refractivity contribution is 6.30. The van der Waals surface area contributed by atoms with Crippen molar-refractivity contribution in [2.45, 2.75) is 139 Å². The van der Waals surface area contributed by atoms with Crippen LogP contribution in [0.3, 0.4) is 0 Å². The van der Waals surface area contributed by atoms with E-state index in [1.54, 1.807) is 7.11 Å². The van der Waals surface area contributed by atoms with Crippen molar-refractivity contribution in [3.63, 3.8) is 0 Å². The molecule has 12 aromatic carbocycles. The van der Waals surface area contributed by atoms with E-state index in [9.17, 15) is 19.2 Å². The van der Waals surface area contributed by atoms with Crippen LogP contribution in [-0.2, 0) is 77.0 Å². The van der Waals surface area contributed by atoms with Crippen LogP contribution >= 0.6 is 11.6 Å². The molecule has 0 saturated carbocycles. The van der Waals surface area contributed by atoms with Gasteiger partial charge in [-0.05, 0) is 246 Å². The zero-order valence-corrected chi connectivity index (χ0v) is 79.9. The van der Waals surface area contributed by atoms with Crippen molar-refractivity contribution in [3.05, 3.63) is 511 Å². The zero-order valence-electron chi connectivity index (χ0n) is 79.1. The highest BCUT2D eigenvalue weighted by Crippen LogP contribution is 2.39. The highest BCUT2D eigenvalue weighted by Gasteiger charge is 2.24. The fourth-order valence-electron chi connectivity index (χ4n) is 18.6. The molecule has 10 heteroatoms. The number of nitrogens with zero attached hydrogens (tertiary/aromatic N) is 4. The van der Waals surface area contributed by atoms with Crippen LogP contribution in [-0.4, -0.2) is 50.2 Å². The molecule has 4 aliphatic carbocycles. The molecule has 16 aromatic rings. The number of ketones is 4. The molecule has 672 valence electrons. The number of hydrogen-bond donors (Lipinski definition) is 0. The molecule has 4 heterocycles. The van der Waals surface area contributed by atoms with E-state index in [1.165, 1.54) is 106 Å². The fraction of sp³-hybridized carbons (Fsp3) is 0.175. The van der Waals surface area contributed by atoms with Gasteiger partial charge in [-0.3, -0.25) is 39.1 Å². The summed E-state index contributed by atoms with van der Waals surface area (Å²) < 4.78 is 5.34. The van der Waals surface area contributed by atoms with Gasteiger partial charge in [0.05, 0.1) is 29.9 Å².